The van der Waals surface area contributed by atoms with E-state index >= 15 is 0 Å². The average Bonchev–Trinajstić information content (AvgIpc) is 3.09. The van der Waals surface area contributed by atoms with Crippen LogP contribution < -0.4 is 5.32 Å². The van der Waals surface area contributed by atoms with Crippen LogP contribution in [-0.2, 0) is 14.3 Å². The van der Waals surface area contributed by atoms with Crippen molar-refractivity contribution in [3.8, 4) is 0 Å². The highest BCUT2D eigenvalue weighted by Gasteiger charge is 2.12. The average molecular weight is 404 g/mol. The molecule has 1 heterocycles. The van der Waals surface area contributed by atoms with Crippen molar-refractivity contribution in [1.29, 1.82) is 0 Å². The molecule has 3 rings (SSSR count). The van der Waals surface area contributed by atoms with E-state index < -0.39 is 24.2 Å². The zero-order chi connectivity index (χ0) is 19.9. The summed E-state index contributed by atoms with van der Waals surface area (Å²) < 4.78 is 35.3. The highest BCUT2D eigenvalue weighted by atomic mass is 32.2. The van der Waals surface area contributed by atoms with Gasteiger partial charge in [-0.05, 0) is 24.3 Å². The van der Waals surface area contributed by atoms with Gasteiger partial charge in [0.2, 0.25) is 5.89 Å². The number of alkyl halides is 2. The lowest BCUT2D eigenvalue weighted by Gasteiger charge is -2.10. The standard InChI is InChI=1S/C19H14F2N2O4S/c20-19(21)28-15-8-4-2-6-13(15)22-16(24)11-26-18(25)10-9-17-23-12-5-1-3-7-14(12)27-17/h1-10,19H,11H2,(H,22,24). The number of fused-ring (bicyclic) bond motifs is 1. The maximum Gasteiger partial charge on any atom is 0.331 e. The Bertz CT molecular complexity index is 987. The molecule has 28 heavy (non-hydrogen) atoms. The number of carbonyl (C=O) groups is 2. The fourth-order valence-corrected chi connectivity index (χ4v) is 2.84. The molecular formula is C19H14F2N2O4S. The second kappa shape index (κ2) is 9.14. The number of amides is 1. The van der Waals surface area contributed by atoms with Gasteiger partial charge in [-0.15, -0.1) is 0 Å². The van der Waals surface area contributed by atoms with Gasteiger partial charge in [0, 0.05) is 17.0 Å². The predicted octanol–water partition coefficient (Wildman–Crippen LogP) is 4.34. The maximum absolute atomic E-state index is 12.5. The van der Waals surface area contributed by atoms with E-state index in [2.05, 4.69) is 10.3 Å². The minimum absolute atomic E-state index is 0.216. The number of aromatic nitrogens is 1. The van der Waals surface area contributed by atoms with Gasteiger partial charge in [-0.25, -0.2) is 9.78 Å². The van der Waals surface area contributed by atoms with Crippen molar-refractivity contribution in [2.24, 2.45) is 0 Å². The molecule has 0 atom stereocenters. The fraction of sp³-hybridized carbons (Fsp3) is 0.105. The molecule has 144 valence electrons. The lowest BCUT2D eigenvalue weighted by molar-refractivity contribution is -0.142. The zero-order valence-corrected chi connectivity index (χ0v) is 15.1. The number of hydrogen-bond acceptors (Lipinski definition) is 6. The molecule has 0 bridgehead atoms. The van der Waals surface area contributed by atoms with Gasteiger partial charge >= 0.3 is 5.97 Å². The largest absolute Gasteiger partial charge is 0.452 e. The third-order valence-corrected chi connectivity index (χ3v) is 4.18. The number of nitrogens with zero attached hydrogens (tertiary/aromatic N) is 1. The van der Waals surface area contributed by atoms with Crippen molar-refractivity contribution in [3.05, 3.63) is 60.5 Å². The summed E-state index contributed by atoms with van der Waals surface area (Å²) in [5.74, 6) is -3.81. The van der Waals surface area contributed by atoms with E-state index in [1.54, 1.807) is 30.3 Å². The molecular weight excluding hydrogens is 390 g/mol. The molecule has 2 aromatic carbocycles. The summed E-state index contributed by atoms with van der Waals surface area (Å²) in [7, 11) is 0. The van der Waals surface area contributed by atoms with Crippen molar-refractivity contribution < 1.29 is 27.5 Å². The number of oxazole rings is 1. The molecule has 0 saturated heterocycles. The van der Waals surface area contributed by atoms with Gasteiger partial charge < -0.3 is 14.5 Å². The van der Waals surface area contributed by atoms with E-state index in [0.29, 0.717) is 22.9 Å². The van der Waals surface area contributed by atoms with Gasteiger partial charge in [0.25, 0.3) is 11.7 Å². The summed E-state index contributed by atoms with van der Waals surface area (Å²) in [6.07, 6.45) is 2.41. The molecule has 0 radical (unpaired) electrons. The Balaban J connectivity index is 1.52. The molecule has 0 spiro atoms. The Morgan fingerprint density at radius 1 is 1.18 bits per heavy atom. The van der Waals surface area contributed by atoms with Crippen molar-refractivity contribution in [2.75, 3.05) is 11.9 Å². The predicted molar refractivity (Wildman–Crippen MR) is 101 cm³/mol. The van der Waals surface area contributed by atoms with Crippen molar-refractivity contribution >= 4 is 46.5 Å². The molecule has 1 amide bonds. The SMILES string of the molecule is O=C(COC(=O)C=Cc1nc2ccccc2o1)Nc1ccccc1SC(F)F. The summed E-state index contributed by atoms with van der Waals surface area (Å²) in [5, 5.41) is 2.44. The molecule has 0 aliphatic carbocycles. The van der Waals surface area contributed by atoms with E-state index in [9.17, 15) is 18.4 Å². The number of carbonyl (C=O) groups excluding carboxylic acids is 2. The number of anilines is 1. The summed E-state index contributed by atoms with van der Waals surface area (Å²) in [6, 6.07) is 13.2. The van der Waals surface area contributed by atoms with Gasteiger partial charge in [0.05, 0.1) is 5.69 Å². The van der Waals surface area contributed by atoms with Crippen molar-refractivity contribution in [3.63, 3.8) is 0 Å². The molecule has 0 aliphatic heterocycles. The number of para-hydroxylation sites is 3. The van der Waals surface area contributed by atoms with E-state index in [-0.39, 0.29) is 16.5 Å². The van der Waals surface area contributed by atoms with E-state index in [4.69, 9.17) is 9.15 Å². The first-order valence-corrected chi connectivity index (χ1v) is 8.93. The monoisotopic (exact) mass is 404 g/mol. The van der Waals surface area contributed by atoms with Crippen LogP contribution in [0.2, 0.25) is 0 Å². The first-order valence-electron chi connectivity index (χ1n) is 8.05. The molecule has 0 unspecified atom stereocenters. The van der Waals surface area contributed by atoms with Gasteiger partial charge in [0.15, 0.2) is 12.2 Å². The van der Waals surface area contributed by atoms with Crippen molar-refractivity contribution in [2.45, 2.75) is 10.7 Å². The lowest BCUT2D eigenvalue weighted by atomic mass is 10.3. The Morgan fingerprint density at radius 2 is 1.93 bits per heavy atom. The van der Waals surface area contributed by atoms with Gasteiger partial charge in [-0.1, -0.05) is 36.0 Å². The highest BCUT2D eigenvalue weighted by Crippen LogP contribution is 2.31. The van der Waals surface area contributed by atoms with Gasteiger partial charge in [-0.2, -0.15) is 8.78 Å². The second-order valence-corrected chi connectivity index (χ2v) is 6.42. The number of nitrogens with one attached hydrogen (secondary N) is 1. The summed E-state index contributed by atoms with van der Waals surface area (Å²) in [4.78, 5) is 28.0. The first-order chi connectivity index (χ1) is 13.5. The third-order valence-electron chi connectivity index (χ3n) is 3.40. The second-order valence-electron chi connectivity index (χ2n) is 5.38. The number of thioether (sulfide) groups is 1. The van der Waals surface area contributed by atoms with Crippen LogP contribution in [0, 0.1) is 0 Å². The van der Waals surface area contributed by atoms with Crippen LogP contribution in [0.3, 0.4) is 0 Å². The number of halogens is 2. The molecule has 0 aliphatic rings. The van der Waals surface area contributed by atoms with E-state index in [1.165, 1.54) is 18.2 Å². The molecule has 0 fully saturated rings. The van der Waals surface area contributed by atoms with Gasteiger partial charge in [-0.3, -0.25) is 4.79 Å². The fourth-order valence-electron chi connectivity index (χ4n) is 2.24. The minimum atomic E-state index is -2.62. The summed E-state index contributed by atoms with van der Waals surface area (Å²) in [5.41, 5.74) is 1.45. The highest BCUT2D eigenvalue weighted by molar-refractivity contribution is 7.99. The maximum atomic E-state index is 12.5. The topological polar surface area (TPSA) is 81.4 Å². The molecule has 1 N–H and O–H groups in total. The normalized spacial score (nSPS) is 11.2. The van der Waals surface area contributed by atoms with Crippen LogP contribution in [0.1, 0.15) is 5.89 Å². The van der Waals surface area contributed by atoms with Crippen molar-refractivity contribution in [1.82, 2.24) is 4.98 Å². The Morgan fingerprint density at radius 3 is 2.71 bits per heavy atom. The Kier molecular flexibility index (Phi) is 6.38. The van der Waals surface area contributed by atoms with Crippen LogP contribution in [0.5, 0.6) is 0 Å². The van der Waals surface area contributed by atoms with Gasteiger partial charge in [0.1, 0.15) is 5.52 Å². The molecule has 0 saturated carbocycles. The lowest BCUT2D eigenvalue weighted by Crippen LogP contribution is -2.20. The zero-order valence-electron chi connectivity index (χ0n) is 14.3. The van der Waals surface area contributed by atoms with Crippen LogP contribution >= 0.6 is 11.8 Å². The van der Waals surface area contributed by atoms with Crippen LogP contribution in [0.25, 0.3) is 17.2 Å². The number of benzene rings is 2. The summed E-state index contributed by atoms with van der Waals surface area (Å²) in [6.45, 7) is -0.565. The molecule has 9 heteroatoms. The summed E-state index contributed by atoms with van der Waals surface area (Å²) >= 11 is 0.314. The quantitative estimate of drug-likeness (QED) is 0.358. The number of esters is 1. The Labute approximate surface area is 162 Å². The molecule has 3 aromatic rings. The third kappa shape index (κ3) is 5.40. The van der Waals surface area contributed by atoms with E-state index in [1.807, 2.05) is 6.07 Å². The number of ether oxygens (including phenoxy) is 1. The van der Waals surface area contributed by atoms with Crippen LogP contribution in [-0.4, -0.2) is 29.2 Å². The Hall–Kier alpha value is -3.20. The first kappa shape index (κ1) is 19.6. The number of rotatable bonds is 7. The van der Waals surface area contributed by atoms with Crippen LogP contribution in [0.4, 0.5) is 14.5 Å². The smallest absolute Gasteiger partial charge is 0.331 e. The molecule has 6 nitrogen and oxygen atoms in total. The van der Waals surface area contributed by atoms with E-state index in [0.717, 1.165) is 6.08 Å². The van der Waals surface area contributed by atoms with Crippen LogP contribution in [0.15, 0.2) is 63.9 Å². The minimum Gasteiger partial charge on any atom is -0.452 e. The molecule has 1 aromatic heterocycles. The number of hydrogen-bond donors (Lipinski definition) is 1.